The summed E-state index contributed by atoms with van der Waals surface area (Å²) in [5.41, 5.74) is -0.196. The minimum absolute atomic E-state index is 0.00194. The van der Waals surface area contributed by atoms with Crippen molar-refractivity contribution in [2.45, 2.75) is 0 Å². The SMILES string of the molecule is Cn1ncnc1NC(=O)c1cccc(C(=O)O)n1. The number of rotatable bonds is 3. The van der Waals surface area contributed by atoms with Crippen LogP contribution < -0.4 is 5.32 Å². The summed E-state index contributed by atoms with van der Waals surface area (Å²) < 4.78 is 1.37. The Labute approximate surface area is 101 Å². The molecule has 0 radical (unpaired) electrons. The summed E-state index contributed by atoms with van der Waals surface area (Å²) in [6.07, 6.45) is 1.29. The van der Waals surface area contributed by atoms with Crippen LogP contribution in [0.3, 0.4) is 0 Å². The molecule has 2 heterocycles. The van der Waals surface area contributed by atoms with Crippen LogP contribution in [0, 0.1) is 0 Å². The molecule has 0 aliphatic heterocycles. The number of aromatic nitrogens is 4. The van der Waals surface area contributed by atoms with E-state index in [2.05, 4.69) is 20.4 Å². The lowest BCUT2D eigenvalue weighted by Crippen LogP contribution is -2.17. The van der Waals surface area contributed by atoms with Crippen LogP contribution in [0.15, 0.2) is 24.5 Å². The fourth-order valence-corrected chi connectivity index (χ4v) is 1.26. The molecular formula is C10H9N5O3. The number of hydrogen-bond donors (Lipinski definition) is 2. The quantitative estimate of drug-likeness (QED) is 0.799. The third kappa shape index (κ3) is 2.32. The van der Waals surface area contributed by atoms with E-state index < -0.39 is 11.9 Å². The van der Waals surface area contributed by atoms with Crippen LogP contribution in [0.1, 0.15) is 21.0 Å². The molecule has 8 nitrogen and oxygen atoms in total. The van der Waals surface area contributed by atoms with Crippen molar-refractivity contribution in [3.8, 4) is 0 Å². The second-order valence-corrected chi connectivity index (χ2v) is 3.37. The van der Waals surface area contributed by atoms with E-state index in [1.165, 1.54) is 29.2 Å². The summed E-state index contributed by atoms with van der Waals surface area (Å²) in [4.78, 5) is 30.0. The maximum absolute atomic E-state index is 11.8. The summed E-state index contributed by atoms with van der Waals surface area (Å²) in [5.74, 6) is -1.49. The van der Waals surface area contributed by atoms with Gasteiger partial charge in [-0.3, -0.25) is 10.1 Å². The van der Waals surface area contributed by atoms with E-state index in [0.717, 1.165) is 0 Å². The van der Waals surface area contributed by atoms with Gasteiger partial charge >= 0.3 is 5.97 Å². The Morgan fingerprint density at radius 1 is 1.33 bits per heavy atom. The van der Waals surface area contributed by atoms with Gasteiger partial charge in [0.1, 0.15) is 17.7 Å². The first-order valence-corrected chi connectivity index (χ1v) is 4.93. The van der Waals surface area contributed by atoms with Gasteiger partial charge in [-0.25, -0.2) is 14.5 Å². The predicted molar refractivity (Wildman–Crippen MR) is 60.2 cm³/mol. The number of nitrogens with zero attached hydrogens (tertiary/aromatic N) is 4. The van der Waals surface area contributed by atoms with Gasteiger partial charge in [-0.2, -0.15) is 10.1 Å². The smallest absolute Gasteiger partial charge is 0.354 e. The highest BCUT2D eigenvalue weighted by Gasteiger charge is 2.13. The van der Waals surface area contributed by atoms with E-state index in [1.54, 1.807) is 7.05 Å². The molecule has 0 aliphatic carbocycles. The molecule has 8 heteroatoms. The number of pyridine rings is 1. The minimum atomic E-state index is -1.19. The normalized spacial score (nSPS) is 10.1. The zero-order valence-electron chi connectivity index (χ0n) is 9.36. The molecule has 0 unspecified atom stereocenters. The molecule has 0 saturated carbocycles. The number of aromatic carboxylic acids is 1. The van der Waals surface area contributed by atoms with E-state index in [1.807, 2.05) is 0 Å². The van der Waals surface area contributed by atoms with Gasteiger partial charge in [0, 0.05) is 7.05 Å². The van der Waals surface area contributed by atoms with Crippen molar-refractivity contribution in [1.29, 1.82) is 0 Å². The van der Waals surface area contributed by atoms with Crippen molar-refractivity contribution in [3.63, 3.8) is 0 Å². The first kappa shape index (κ1) is 11.7. The van der Waals surface area contributed by atoms with Crippen LogP contribution >= 0.6 is 0 Å². The van der Waals surface area contributed by atoms with Crippen LogP contribution in [-0.4, -0.2) is 36.7 Å². The predicted octanol–water partition coefficient (Wildman–Crippen LogP) is 0.161. The third-order valence-corrected chi connectivity index (χ3v) is 2.14. The molecular weight excluding hydrogens is 238 g/mol. The summed E-state index contributed by atoms with van der Waals surface area (Å²) in [6, 6.07) is 4.17. The maximum atomic E-state index is 11.8. The highest BCUT2D eigenvalue weighted by Crippen LogP contribution is 2.04. The number of aryl methyl sites for hydroxylation is 1. The number of nitrogens with one attached hydrogen (secondary N) is 1. The average Bonchev–Trinajstić information content (AvgIpc) is 2.75. The molecule has 92 valence electrons. The lowest BCUT2D eigenvalue weighted by Gasteiger charge is -2.03. The van der Waals surface area contributed by atoms with E-state index in [9.17, 15) is 9.59 Å². The molecule has 2 rings (SSSR count). The second-order valence-electron chi connectivity index (χ2n) is 3.37. The Kier molecular flexibility index (Phi) is 3.00. The first-order valence-electron chi connectivity index (χ1n) is 4.93. The lowest BCUT2D eigenvalue weighted by atomic mass is 10.3. The number of carbonyl (C=O) groups excluding carboxylic acids is 1. The van der Waals surface area contributed by atoms with Gasteiger partial charge in [-0.15, -0.1) is 0 Å². The first-order chi connectivity index (χ1) is 8.58. The number of amides is 1. The van der Waals surface area contributed by atoms with Gasteiger partial charge in [0.15, 0.2) is 0 Å². The van der Waals surface area contributed by atoms with Gasteiger partial charge in [-0.05, 0) is 12.1 Å². The molecule has 2 aromatic rings. The van der Waals surface area contributed by atoms with Crippen LogP contribution in [0.2, 0.25) is 0 Å². The lowest BCUT2D eigenvalue weighted by molar-refractivity contribution is 0.0690. The van der Waals surface area contributed by atoms with Gasteiger partial charge in [0.2, 0.25) is 5.95 Å². The Morgan fingerprint density at radius 2 is 2.06 bits per heavy atom. The summed E-state index contributed by atoms with van der Waals surface area (Å²) >= 11 is 0. The third-order valence-electron chi connectivity index (χ3n) is 2.14. The summed E-state index contributed by atoms with van der Waals surface area (Å²) in [7, 11) is 1.61. The van der Waals surface area contributed by atoms with Crippen LogP contribution in [-0.2, 0) is 7.05 Å². The zero-order valence-corrected chi connectivity index (χ0v) is 9.36. The van der Waals surface area contributed by atoms with Crippen molar-refractivity contribution < 1.29 is 14.7 Å². The average molecular weight is 247 g/mol. The molecule has 2 N–H and O–H groups in total. The van der Waals surface area contributed by atoms with Crippen molar-refractivity contribution >= 4 is 17.8 Å². The van der Waals surface area contributed by atoms with Crippen molar-refractivity contribution in [2.24, 2.45) is 7.05 Å². The monoisotopic (exact) mass is 247 g/mol. The highest BCUT2D eigenvalue weighted by molar-refractivity contribution is 6.02. The number of carboxylic acid groups (broad SMARTS) is 1. The topological polar surface area (TPSA) is 110 Å². The van der Waals surface area contributed by atoms with Gasteiger partial charge in [0.25, 0.3) is 5.91 Å². The Hall–Kier alpha value is -2.77. The molecule has 18 heavy (non-hydrogen) atoms. The van der Waals surface area contributed by atoms with Crippen molar-refractivity contribution in [2.75, 3.05) is 5.32 Å². The fraction of sp³-hybridized carbons (Fsp3) is 0.100. The molecule has 0 fully saturated rings. The molecule has 0 atom stereocenters. The van der Waals surface area contributed by atoms with Crippen molar-refractivity contribution in [3.05, 3.63) is 35.9 Å². The van der Waals surface area contributed by atoms with Crippen LogP contribution in [0.4, 0.5) is 5.95 Å². The molecule has 0 spiro atoms. The molecule has 0 saturated heterocycles. The zero-order chi connectivity index (χ0) is 13.1. The highest BCUT2D eigenvalue weighted by atomic mass is 16.4. The van der Waals surface area contributed by atoms with Gasteiger partial charge in [-0.1, -0.05) is 6.07 Å². The Balaban J connectivity index is 2.21. The molecule has 0 aliphatic rings. The second kappa shape index (κ2) is 4.62. The number of carbonyl (C=O) groups is 2. The Morgan fingerprint density at radius 3 is 2.67 bits per heavy atom. The molecule has 2 aromatic heterocycles. The summed E-state index contributed by atoms with van der Waals surface area (Å²) in [5, 5.41) is 15.0. The molecule has 1 amide bonds. The number of hydrogen-bond acceptors (Lipinski definition) is 5. The van der Waals surface area contributed by atoms with Crippen molar-refractivity contribution in [1.82, 2.24) is 19.7 Å². The number of anilines is 1. The fourth-order valence-electron chi connectivity index (χ4n) is 1.26. The minimum Gasteiger partial charge on any atom is -0.477 e. The van der Waals surface area contributed by atoms with Gasteiger partial charge < -0.3 is 5.11 Å². The summed E-state index contributed by atoms with van der Waals surface area (Å²) in [6.45, 7) is 0. The molecule has 0 bridgehead atoms. The van der Waals surface area contributed by atoms with E-state index >= 15 is 0 Å². The van der Waals surface area contributed by atoms with E-state index in [0.29, 0.717) is 0 Å². The Bertz CT molecular complexity index is 607. The van der Waals surface area contributed by atoms with Crippen LogP contribution in [0.5, 0.6) is 0 Å². The van der Waals surface area contributed by atoms with E-state index in [4.69, 9.17) is 5.11 Å². The standard InChI is InChI=1S/C10H9N5O3/c1-15-10(11-5-12-15)14-8(16)6-3-2-4-7(13-6)9(17)18/h2-5H,1H3,(H,17,18)(H,11,12,14,16). The largest absolute Gasteiger partial charge is 0.477 e. The van der Waals surface area contributed by atoms with Crippen LogP contribution in [0.25, 0.3) is 0 Å². The maximum Gasteiger partial charge on any atom is 0.354 e. The van der Waals surface area contributed by atoms with Gasteiger partial charge in [0.05, 0.1) is 0 Å². The van der Waals surface area contributed by atoms with E-state index in [-0.39, 0.29) is 17.3 Å². The molecule has 0 aromatic carbocycles. The number of carboxylic acids is 1.